The molecule has 180 valence electrons. The Morgan fingerprint density at radius 1 is 1.06 bits per heavy atom. The first kappa shape index (κ1) is 27.0. The van der Waals surface area contributed by atoms with Crippen LogP contribution in [0.4, 0.5) is 5.69 Å². The number of carbonyl (C=O) groups excluding carboxylic acids is 2. The smallest absolute Gasteiger partial charge is 0.244 e. The molecule has 2 aromatic carbocycles. The highest BCUT2D eigenvalue weighted by Gasteiger charge is 2.32. The van der Waals surface area contributed by atoms with Crippen LogP contribution in [0, 0.1) is 6.92 Å². The fourth-order valence-corrected chi connectivity index (χ4v) is 4.76. The van der Waals surface area contributed by atoms with E-state index in [0.717, 1.165) is 21.7 Å². The van der Waals surface area contributed by atoms with Gasteiger partial charge < -0.3 is 10.2 Å². The van der Waals surface area contributed by atoms with E-state index in [1.54, 1.807) is 19.9 Å². The monoisotopic (exact) mass is 513 g/mol. The van der Waals surface area contributed by atoms with Crippen molar-refractivity contribution in [3.63, 3.8) is 0 Å². The number of nitrogens with zero attached hydrogens (tertiary/aromatic N) is 2. The standard InChI is InChI=1S/C23H29Cl2N3O4S/c1-5-19(23(30)26-6-2)27(14-17-11-8-7-10-16(17)3)21(29)15-28(33(4,31)32)20-13-9-12-18(24)22(20)25/h7-13,19H,5-6,14-15H2,1-4H3,(H,26,30)/t19-/m0/s1. The van der Waals surface area contributed by atoms with E-state index < -0.39 is 28.5 Å². The van der Waals surface area contributed by atoms with Gasteiger partial charge in [-0.15, -0.1) is 0 Å². The first-order valence-corrected chi connectivity index (χ1v) is 13.1. The molecule has 0 saturated carbocycles. The third-order valence-corrected chi connectivity index (χ3v) is 7.15. The van der Waals surface area contributed by atoms with Gasteiger partial charge >= 0.3 is 0 Å². The molecule has 0 aliphatic carbocycles. The van der Waals surface area contributed by atoms with Gasteiger partial charge in [-0.25, -0.2) is 8.42 Å². The van der Waals surface area contributed by atoms with E-state index in [-0.39, 0.29) is 28.2 Å². The molecule has 0 fully saturated rings. The molecule has 0 unspecified atom stereocenters. The Kier molecular flexibility index (Phi) is 9.57. The predicted octanol–water partition coefficient (Wildman–Crippen LogP) is 4.01. The van der Waals surface area contributed by atoms with Crippen molar-refractivity contribution in [2.45, 2.75) is 39.8 Å². The van der Waals surface area contributed by atoms with Crippen LogP contribution in [-0.2, 0) is 26.2 Å². The van der Waals surface area contributed by atoms with Crippen molar-refractivity contribution >= 4 is 50.7 Å². The zero-order chi connectivity index (χ0) is 24.8. The molecule has 0 radical (unpaired) electrons. The van der Waals surface area contributed by atoms with E-state index in [9.17, 15) is 18.0 Å². The molecule has 2 amide bonds. The highest BCUT2D eigenvalue weighted by Crippen LogP contribution is 2.33. The van der Waals surface area contributed by atoms with Crippen LogP contribution in [0.2, 0.25) is 10.0 Å². The summed E-state index contributed by atoms with van der Waals surface area (Å²) in [5.41, 5.74) is 1.92. The van der Waals surface area contributed by atoms with Gasteiger partial charge in [-0.05, 0) is 43.5 Å². The molecule has 1 atom stereocenters. The second-order valence-corrected chi connectivity index (χ2v) is 10.3. The Balaban J connectivity index is 2.49. The number of hydrogen-bond acceptors (Lipinski definition) is 4. The molecule has 0 aromatic heterocycles. The Morgan fingerprint density at radius 2 is 1.73 bits per heavy atom. The highest BCUT2D eigenvalue weighted by molar-refractivity contribution is 7.92. The van der Waals surface area contributed by atoms with E-state index in [1.807, 2.05) is 31.2 Å². The number of rotatable bonds is 10. The van der Waals surface area contributed by atoms with Crippen molar-refractivity contribution in [1.82, 2.24) is 10.2 Å². The second kappa shape index (κ2) is 11.7. The maximum Gasteiger partial charge on any atom is 0.244 e. The number of halogens is 2. The topological polar surface area (TPSA) is 86.8 Å². The number of amides is 2. The number of sulfonamides is 1. The maximum absolute atomic E-state index is 13.6. The summed E-state index contributed by atoms with van der Waals surface area (Å²) in [4.78, 5) is 27.8. The number of aryl methyl sites for hydroxylation is 1. The highest BCUT2D eigenvalue weighted by atomic mass is 35.5. The molecule has 7 nitrogen and oxygen atoms in total. The van der Waals surface area contributed by atoms with Gasteiger partial charge in [0.05, 0.1) is 22.0 Å². The summed E-state index contributed by atoms with van der Waals surface area (Å²) in [7, 11) is -3.89. The summed E-state index contributed by atoms with van der Waals surface area (Å²) < 4.78 is 26.1. The van der Waals surface area contributed by atoms with E-state index in [1.165, 1.54) is 17.0 Å². The molecule has 2 rings (SSSR count). The second-order valence-electron chi connectivity index (χ2n) is 7.61. The average Bonchev–Trinajstić information content (AvgIpc) is 2.74. The lowest BCUT2D eigenvalue weighted by Crippen LogP contribution is -2.52. The van der Waals surface area contributed by atoms with Crippen LogP contribution in [0.5, 0.6) is 0 Å². The molecule has 2 aromatic rings. The minimum Gasteiger partial charge on any atom is -0.355 e. The van der Waals surface area contributed by atoms with E-state index in [0.29, 0.717) is 13.0 Å². The SMILES string of the molecule is CCNC(=O)[C@H](CC)N(Cc1ccccc1C)C(=O)CN(c1cccc(Cl)c1Cl)S(C)(=O)=O. The van der Waals surface area contributed by atoms with Gasteiger partial charge in [0.2, 0.25) is 21.8 Å². The molecule has 33 heavy (non-hydrogen) atoms. The molecule has 0 aliphatic heterocycles. The van der Waals surface area contributed by atoms with Crippen LogP contribution in [0.1, 0.15) is 31.4 Å². The molecule has 0 aliphatic rings. The van der Waals surface area contributed by atoms with Crippen molar-refractivity contribution in [2.75, 3.05) is 23.7 Å². The fraction of sp³-hybridized carbons (Fsp3) is 0.391. The number of anilines is 1. The van der Waals surface area contributed by atoms with Gasteiger partial charge in [0.1, 0.15) is 12.6 Å². The third kappa shape index (κ3) is 6.85. The lowest BCUT2D eigenvalue weighted by Gasteiger charge is -2.33. The van der Waals surface area contributed by atoms with Gasteiger partial charge in [-0.1, -0.05) is 60.5 Å². The molecule has 0 saturated heterocycles. The van der Waals surface area contributed by atoms with Gasteiger partial charge in [-0.2, -0.15) is 0 Å². The summed E-state index contributed by atoms with van der Waals surface area (Å²) in [6, 6.07) is 11.3. The number of likely N-dealkylation sites (N-methyl/N-ethyl adjacent to an activating group) is 1. The summed E-state index contributed by atoms with van der Waals surface area (Å²) in [6.07, 6.45) is 1.35. The number of nitrogens with one attached hydrogen (secondary N) is 1. The third-order valence-electron chi connectivity index (χ3n) is 5.22. The molecule has 1 N–H and O–H groups in total. The van der Waals surface area contributed by atoms with Gasteiger partial charge in [0.25, 0.3) is 0 Å². The predicted molar refractivity (Wildman–Crippen MR) is 133 cm³/mol. The van der Waals surface area contributed by atoms with Crippen LogP contribution >= 0.6 is 23.2 Å². The first-order valence-electron chi connectivity index (χ1n) is 10.5. The van der Waals surface area contributed by atoms with E-state index >= 15 is 0 Å². The molecule has 0 spiro atoms. The van der Waals surface area contributed by atoms with Crippen LogP contribution in [0.15, 0.2) is 42.5 Å². The van der Waals surface area contributed by atoms with E-state index in [4.69, 9.17) is 23.2 Å². The van der Waals surface area contributed by atoms with Gasteiger partial charge in [0, 0.05) is 13.1 Å². The summed E-state index contributed by atoms with van der Waals surface area (Å²) in [5.74, 6) is -0.827. The zero-order valence-corrected chi connectivity index (χ0v) is 21.5. The van der Waals surface area contributed by atoms with Crippen molar-refractivity contribution in [3.8, 4) is 0 Å². The molecule has 0 bridgehead atoms. The Hall–Kier alpha value is -2.29. The molecular formula is C23H29Cl2N3O4S. The summed E-state index contributed by atoms with van der Waals surface area (Å²) >= 11 is 12.3. The summed E-state index contributed by atoms with van der Waals surface area (Å²) in [6.45, 7) is 5.56. The van der Waals surface area contributed by atoms with Crippen LogP contribution in [0.25, 0.3) is 0 Å². The largest absolute Gasteiger partial charge is 0.355 e. The van der Waals surface area contributed by atoms with Gasteiger partial charge in [0.15, 0.2) is 0 Å². The normalized spacial score (nSPS) is 12.2. The Morgan fingerprint density at radius 3 is 2.30 bits per heavy atom. The molecule has 0 heterocycles. The van der Waals surface area contributed by atoms with Crippen LogP contribution < -0.4 is 9.62 Å². The fourth-order valence-electron chi connectivity index (χ4n) is 3.46. The van der Waals surface area contributed by atoms with Crippen molar-refractivity contribution in [3.05, 3.63) is 63.6 Å². The van der Waals surface area contributed by atoms with Crippen LogP contribution in [-0.4, -0.2) is 50.5 Å². The number of benzene rings is 2. The molecule has 10 heteroatoms. The van der Waals surface area contributed by atoms with Crippen molar-refractivity contribution < 1.29 is 18.0 Å². The minimum atomic E-state index is -3.89. The number of hydrogen-bond donors (Lipinski definition) is 1. The van der Waals surface area contributed by atoms with Crippen molar-refractivity contribution in [2.24, 2.45) is 0 Å². The van der Waals surface area contributed by atoms with Crippen LogP contribution in [0.3, 0.4) is 0 Å². The van der Waals surface area contributed by atoms with E-state index in [2.05, 4.69) is 5.32 Å². The quantitative estimate of drug-likeness (QED) is 0.519. The first-order chi connectivity index (χ1) is 15.5. The minimum absolute atomic E-state index is 0.0265. The lowest BCUT2D eigenvalue weighted by molar-refractivity contribution is -0.140. The zero-order valence-electron chi connectivity index (χ0n) is 19.1. The maximum atomic E-state index is 13.6. The molecular weight excluding hydrogens is 485 g/mol. The summed E-state index contributed by atoms with van der Waals surface area (Å²) in [5, 5.41) is 2.95. The van der Waals surface area contributed by atoms with Gasteiger partial charge in [-0.3, -0.25) is 13.9 Å². The Bertz CT molecular complexity index is 1110. The number of carbonyl (C=O) groups is 2. The Labute approximate surface area is 205 Å². The lowest BCUT2D eigenvalue weighted by atomic mass is 10.1. The average molecular weight is 514 g/mol. The van der Waals surface area contributed by atoms with Crippen molar-refractivity contribution in [1.29, 1.82) is 0 Å².